The van der Waals surface area contributed by atoms with Crippen molar-refractivity contribution in [2.75, 3.05) is 0 Å². The monoisotopic (exact) mass is 286 g/mol. The van der Waals surface area contributed by atoms with Gasteiger partial charge in [0.25, 0.3) is 0 Å². The SMILES string of the molecule is CCC1CCC(C(NN)c2cccc(C3CCC3)c2)CC1. The van der Waals surface area contributed by atoms with E-state index in [1.54, 1.807) is 0 Å². The summed E-state index contributed by atoms with van der Waals surface area (Å²) in [5.74, 6) is 8.38. The fourth-order valence-electron chi connectivity index (χ4n) is 4.18. The van der Waals surface area contributed by atoms with Gasteiger partial charge in [0, 0.05) is 6.04 Å². The van der Waals surface area contributed by atoms with Crippen LogP contribution in [0.15, 0.2) is 24.3 Å². The Bertz CT molecular complexity index is 445. The van der Waals surface area contributed by atoms with Crippen LogP contribution in [-0.4, -0.2) is 0 Å². The molecule has 2 aliphatic rings. The summed E-state index contributed by atoms with van der Waals surface area (Å²) < 4.78 is 0. The first kappa shape index (κ1) is 15.1. The molecule has 116 valence electrons. The molecule has 0 aromatic heterocycles. The van der Waals surface area contributed by atoms with Gasteiger partial charge >= 0.3 is 0 Å². The Labute approximate surface area is 129 Å². The highest BCUT2D eigenvalue weighted by Gasteiger charge is 2.28. The number of hydrogen-bond donors (Lipinski definition) is 2. The van der Waals surface area contributed by atoms with E-state index in [1.165, 1.54) is 62.5 Å². The average Bonchev–Trinajstić information content (AvgIpc) is 2.47. The summed E-state index contributed by atoms with van der Waals surface area (Å²) in [5.41, 5.74) is 6.06. The highest BCUT2D eigenvalue weighted by atomic mass is 15.2. The number of nitrogens with one attached hydrogen (secondary N) is 1. The lowest BCUT2D eigenvalue weighted by Gasteiger charge is -2.34. The van der Waals surface area contributed by atoms with Crippen molar-refractivity contribution in [1.29, 1.82) is 0 Å². The molecule has 3 N–H and O–H groups in total. The molecule has 2 nitrogen and oxygen atoms in total. The van der Waals surface area contributed by atoms with E-state index >= 15 is 0 Å². The van der Waals surface area contributed by atoms with E-state index in [-0.39, 0.29) is 0 Å². The van der Waals surface area contributed by atoms with Crippen molar-refractivity contribution < 1.29 is 0 Å². The predicted octanol–water partition coefficient (Wildman–Crippen LogP) is 4.67. The summed E-state index contributed by atoms with van der Waals surface area (Å²) in [6, 6.07) is 9.54. The van der Waals surface area contributed by atoms with E-state index in [9.17, 15) is 0 Å². The lowest BCUT2D eigenvalue weighted by atomic mass is 9.75. The molecule has 2 aliphatic carbocycles. The Morgan fingerprint density at radius 3 is 2.48 bits per heavy atom. The van der Waals surface area contributed by atoms with E-state index in [0.717, 1.165) is 11.8 Å². The van der Waals surface area contributed by atoms with Crippen LogP contribution in [-0.2, 0) is 0 Å². The fraction of sp³-hybridized carbons (Fsp3) is 0.684. The topological polar surface area (TPSA) is 38.0 Å². The normalized spacial score (nSPS) is 28.1. The molecule has 2 heteroatoms. The molecule has 1 atom stereocenters. The molecule has 2 saturated carbocycles. The van der Waals surface area contributed by atoms with Crippen molar-refractivity contribution in [3.63, 3.8) is 0 Å². The van der Waals surface area contributed by atoms with Crippen molar-refractivity contribution in [2.24, 2.45) is 17.7 Å². The van der Waals surface area contributed by atoms with Crippen LogP contribution in [0.2, 0.25) is 0 Å². The van der Waals surface area contributed by atoms with Crippen LogP contribution in [0.5, 0.6) is 0 Å². The third kappa shape index (κ3) is 3.32. The zero-order chi connectivity index (χ0) is 14.7. The van der Waals surface area contributed by atoms with E-state index in [0.29, 0.717) is 12.0 Å². The summed E-state index contributed by atoms with van der Waals surface area (Å²) in [4.78, 5) is 0. The Hall–Kier alpha value is -0.860. The van der Waals surface area contributed by atoms with Crippen LogP contribution >= 0.6 is 0 Å². The van der Waals surface area contributed by atoms with Gasteiger partial charge in [-0.05, 0) is 54.6 Å². The maximum atomic E-state index is 5.93. The van der Waals surface area contributed by atoms with Gasteiger partial charge in [-0.25, -0.2) is 0 Å². The molecule has 0 radical (unpaired) electrons. The number of hydrazine groups is 1. The summed E-state index contributed by atoms with van der Waals surface area (Å²) in [6.45, 7) is 2.33. The maximum Gasteiger partial charge on any atom is 0.0488 e. The van der Waals surface area contributed by atoms with Crippen molar-refractivity contribution in [2.45, 2.75) is 70.3 Å². The van der Waals surface area contributed by atoms with Crippen LogP contribution in [0.25, 0.3) is 0 Å². The van der Waals surface area contributed by atoms with Gasteiger partial charge in [0.05, 0.1) is 0 Å². The zero-order valence-electron chi connectivity index (χ0n) is 13.4. The van der Waals surface area contributed by atoms with Gasteiger partial charge in [0.1, 0.15) is 0 Å². The van der Waals surface area contributed by atoms with Gasteiger partial charge in [-0.3, -0.25) is 11.3 Å². The second-order valence-corrected chi connectivity index (χ2v) is 7.13. The zero-order valence-corrected chi connectivity index (χ0v) is 13.4. The van der Waals surface area contributed by atoms with Gasteiger partial charge in [0.15, 0.2) is 0 Å². The van der Waals surface area contributed by atoms with Gasteiger partial charge in [0.2, 0.25) is 0 Å². The standard InChI is InChI=1S/C19H30N2/c1-2-14-9-11-16(12-10-14)19(21-20)18-8-4-7-17(13-18)15-5-3-6-15/h4,7-8,13-16,19,21H,2-3,5-6,9-12,20H2,1H3. The highest BCUT2D eigenvalue weighted by Crippen LogP contribution is 2.40. The number of hydrogen-bond acceptors (Lipinski definition) is 2. The van der Waals surface area contributed by atoms with Crippen LogP contribution in [0.4, 0.5) is 0 Å². The highest BCUT2D eigenvalue weighted by molar-refractivity contribution is 5.30. The minimum absolute atomic E-state index is 0.336. The van der Waals surface area contributed by atoms with Crippen LogP contribution < -0.4 is 11.3 Å². The van der Waals surface area contributed by atoms with Crippen LogP contribution in [0, 0.1) is 11.8 Å². The van der Waals surface area contributed by atoms with Crippen LogP contribution in [0.1, 0.15) is 81.4 Å². The van der Waals surface area contributed by atoms with E-state index in [2.05, 4.69) is 36.6 Å². The molecule has 0 amide bonds. The largest absolute Gasteiger partial charge is 0.271 e. The predicted molar refractivity (Wildman–Crippen MR) is 88.8 cm³/mol. The summed E-state index contributed by atoms with van der Waals surface area (Å²) in [7, 11) is 0. The second-order valence-electron chi connectivity index (χ2n) is 7.13. The average molecular weight is 286 g/mol. The number of rotatable bonds is 5. The fourth-order valence-corrected chi connectivity index (χ4v) is 4.18. The quantitative estimate of drug-likeness (QED) is 0.609. The number of nitrogens with two attached hydrogens (primary N) is 1. The smallest absolute Gasteiger partial charge is 0.0488 e. The third-order valence-electron chi connectivity index (χ3n) is 5.97. The van der Waals surface area contributed by atoms with Crippen molar-refractivity contribution in [3.05, 3.63) is 35.4 Å². The third-order valence-corrected chi connectivity index (χ3v) is 5.97. The summed E-state index contributed by atoms with van der Waals surface area (Å²) in [5, 5.41) is 0. The van der Waals surface area contributed by atoms with Crippen molar-refractivity contribution in [1.82, 2.24) is 5.43 Å². The Balaban J connectivity index is 1.70. The molecule has 21 heavy (non-hydrogen) atoms. The van der Waals surface area contributed by atoms with Gasteiger partial charge in [-0.2, -0.15) is 0 Å². The molecular weight excluding hydrogens is 256 g/mol. The Morgan fingerprint density at radius 1 is 1.14 bits per heavy atom. The molecule has 1 unspecified atom stereocenters. The Kier molecular flexibility index (Phi) is 4.97. The molecule has 0 heterocycles. The Morgan fingerprint density at radius 2 is 1.90 bits per heavy atom. The van der Waals surface area contributed by atoms with Gasteiger partial charge in [-0.15, -0.1) is 0 Å². The number of benzene rings is 1. The van der Waals surface area contributed by atoms with Crippen molar-refractivity contribution >= 4 is 0 Å². The lowest BCUT2D eigenvalue weighted by molar-refractivity contribution is 0.219. The maximum absolute atomic E-state index is 5.93. The molecule has 0 saturated heterocycles. The molecule has 0 bridgehead atoms. The van der Waals surface area contributed by atoms with E-state index < -0.39 is 0 Å². The lowest BCUT2D eigenvalue weighted by Crippen LogP contribution is -2.35. The van der Waals surface area contributed by atoms with E-state index in [4.69, 9.17) is 5.84 Å². The minimum Gasteiger partial charge on any atom is -0.271 e. The molecule has 3 rings (SSSR count). The first-order valence-electron chi connectivity index (χ1n) is 8.87. The van der Waals surface area contributed by atoms with Crippen LogP contribution in [0.3, 0.4) is 0 Å². The summed E-state index contributed by atoms with van der Waals surface area (Å²) in [6.07, 6.45) is 10.9. The minimum atomic E-state index is 0.336. The summed E-state index contributed by atoms with van der Waals surface area (Å²) >= 11 is 0. The van der Waals surface area contributed by atoms with Gasteiger partial charge < -0.3 is 0 Å². The molecular formula is C19H30N2. The van der Waals surface area contributed by atoms with Crippen molar-refractivity contribution in [3.8, 4) is 0 Å². The van der Waals surface area contributed by atoms with E-state index in [1.807, 2.05) is 0 Å². The molecule has 1 aromatic carbocycles. The van der Waals surface area contributed by atoms with Gasteiger partial charge in [-0.1, -0.05) is 56.9 Å². The second kappa shape index (κ2) is 6.93. The first-order chi connectivity index (χ1) is 10.3. The first-order valence-corrected chi connectivity index (χ1v) is 8.87. The molecule has 0 aliphatic heterocycles. The molecule has 0 spiro atoms. The molecule has 1 aromatic rings. The molecule has 2 fully saturated rings.